The van der Waals surface area contributed by atoms with Gasteiger partial charge < -0.3 is 20.1 Å². The fourth-order valence-electron chi connectivity index (χ4n) is 2.52. The Balaban J connectivity index is 2.56. The maximum atomic E-state index is 12.3. The van der Waals surface area contributed by atoms with Crippen LogP contribution in [0.1, 0.15) is 39.0 Å². The van der Waals surface area contributed by atoms with E-state index >= 15 is 0 Å². The lowest BCUT2D eigenvalue weighted by Gasteiger charge is -2.28. The first-order chi connectivity index (χ1) is 9.50. The van der Waals surface area contributed by atoms with E-state index in [4.69, 9.17) is 15.2 Å². The second-order valence-electron chi connectivity index (χ2n) is 5.36. The lowest BCUT2D eigenvalue weighted by Crippen LogP contribution is -2.46. The van der Waals surface area contributed by atoms with Crippen LogP contribution in [0.3, 0.4) is 0 Å². The van der Waals surface area contributed by atoms with Crippen LogP contribution in [0.2, 0.25) is 0 Å². The zero-order valence-electron chi connectivity index (χ0n) is 12.5. The predicted octanol–water partition coefficient (Wildman–Crippen LogP) is 0.686. The van der Waals surface area contributed by atoms with E-state index in [9.17, 15) is 9.59 Å². The zero-order valence-corrected chi connectivity index (χ0v) is 12.5. The molecule has 0 aromatic carbocycles. The molecule has 0 unspecified atom stereocenters. The molecule has 6 nitrogen and oxygen atoms in total. The lowest BCUT2D eigenvalue weighted by molar-refractivity contribution is -0.149. The number of hydrogen-bond acceptors (Lipinski definition) is 5. The zero-order chi connectivity index (χ0) is 15.0. The third-order valence-corrected chi connectivity index (χ3v) is 3.65. The van der Waals surface area contributed by atoms with E-state index in [0.29, 0.717) is 19.8 Å². The Labute approximate surface area is 120 Å². The molecule has 1 saturated carbocycles. The van der Waals surface area contributed by atoms with Gasteiger partial charge in [0.15, 0.2) is 0 Å². The van der Waals surface area contributed by atoms with Crippen molar-refractivity contribution < 1.29 is 19.1 Å². The van der Waals surface area contributed by atoms with Crippen molar-refractivity contribution in [3.63, 3.8) is 0 Å². The molecule has 2 N–H and O–H groups in total. The first-order valence-corrected chi connectivity index (χ1v) is 7.22. The summed E-state index contributed by atoms with van der Waals surface area (Å²) in [5, 5.41) is 0. The Morgan fingerprint density at radius 1 is 1.30 bits per heavy atom. The van der Waals surface area contributed by atoms with Gasteiger partial charge in [0.1, 0.15) is 6.54 Å². The molecule has 0 aromatic heterocycles. The van der Waals surface area contributed by atoms with Crippen LogP contribution in [0, 0.1) is 0 Å². The number of hydrogen-bond donors (Lipinski definition) is 1. The maximum absolute atomic E-state index is 12.3. The van der Waals surface area contributed by atoms with Crippen LogP contribution in [0.15, 0.2) is 0 Å². The number of amides is 1. The van der Waals surface area contributed by atoms with Crippen molar-refractivity contribution in [1.82, 2.24) is 4.90 Å². The van der Waals surface area contributed by atoms with Crippen molar-refractivity contribution in [2.24, 2.45) is 5.73 Å². The van der Waals surface area contributed by atoms with Crippen molar-refractivity contribution >= 4 is 11.9 Å². The molecule has 20 heavy (non-hydrogen) atoms. The van der Waals surface area contributed by atoms with Gasteiger partial charge in [0.05, 0.1) is 13.2 Å². The van der Waals surface area contributed by atoms with Crippen molar-refractivity contribution in [1.29, 1.82) is 0 Å². The van der Waals surface area contributed by atoms with Crippen molar-refractivity contribution in [3.8, 4) is 0 Å². The normalized spacial score (nSPS) is 16.9. The van der Waals surface area contributed by atoms with Gasteiger partial charge in [0.25, 0.3) is 0 Å². The topological polar surface area (TPSA) is 81.9 Å². The Kier molecular flexibility index (Phi) is 6.95. The van der Waals surface area contributed by atoms with Crippen LogP contribution in [0.25, 0.3) is 0 Å². The van der Waals surface area contributed by atoms with Gasteiger partial charge in [0, 0.05) is 25.6 Å². The van der Waals surface area contributed by atoms with Crippen molar-refractivity contribution in [2.45, 2.75) is 44.6 Å². The predicted molar refractivity (Wildman–Crippen MR) is 75.1 cm³/mol. The standard InChI is InChI=1S/C14H26N2O4/c1-3-20-13(18)11-16(8-9-19-2)12(17)10-14(15)6-4-5-7-14/h3-11,15H2,1-2H3. The molecule has 1 aliphatic rings. The van der Waals surface area contributed by atoms with Gasteiger partial charge in [-0.2, -0.15) is 0 Å². The molecular formula is C14H26N2O4. The largest absolute Gasteiger partial charge is 0.465 e. The summed E-state index contributed by atoms with van der Waals surface area (Å²) in [7, 11) is 1.56. The number of ether oxygens (including phenoxy) is 2. The summed E-state index contributed by atoms with van der Waals surface area (Å²) in [6, 6.07) is 0. The summed E-state index contributed by atoms with van der Waals surface area (Å²) in [6.45, 7) is 2.79. The first-order valence-electron chi connectivity index (χ1n) is 7.22. The van der Waals surface area contributed by atoms with Gasteiger partial charge in [-0.05, 0) is 19.8 Å². The highest BCUT2D eigenvalue weighted by Crippen LogP contribution is 2.30. The number of rotatable bonds is 8. The number of nitrogens with two attached hydrogens (primary N) is 1. The Bertz CT molecular complexity index is 327. The molecule has 1 aliphatic carbocycles. The summed E-state index contributed by atoms with van der Waals surface area (Å²) in [4.78, 5) is 25.4. The van der Waals surface area contributed by atoms with Gasteiger partial charge in [-0.15, -0.1) is 0 Å². The molecule has 0 aliphatic heterocycles. The summed E-state index contributed by atoms with van der Waals surface area (Å²) >= 11 is 0. The summed E-state index contributed by atoms with van der Waals surface area (Å²) in [5.74, 6) is -0.492. The molecule has 1 fully saturated rings. The Hall–Kier alpha value is -1.14. The highest BCUT2D eigenvalue weighted by Gasteiger charge is 2.33. The van der Waals surface area contributed by atoms with E-state index in [1.165, 1.54) is 4.90 Å². The summed E-state index contributed by atoms with van der Waals surface area (Å²) < 4.78 is 9.87. The van der Waals surface area contributed by atoms with Crippen LogP contribution in [0.4, 0.5) is 0 Å². The molecule has 1 amide bonds. The van der Waals surface area contributed by atoms with Crippen LogP contribution in [0.5, 0.6) is 0 Å². The quantitative estimate of drug-likeness (QED) is 0.664. The highest BCUT2D eigenvalue weighted by atomic mass is 16.5. The van der Waals surface area contributed by atoms with Gasteiger partial charge in [-0.1, -0.05) is 12.8 Å². The van der Waals surface area contributed by atoms with E-state index in [1.54, 1.807) is 14.0 Å². The molecule has 116 valence electrons. The highest BCUT2D eigenvalue weighted by molar-refractivity contribution is 5.82. The minimum Gasteiger partial charge on any atom is -0.465 e. The first kappa shape index (κ1) is 16.9. The van der Waals surface area contributed by atoms with Crippen molar-refractivity contribution in [3.05, 3.63) is 0 Å². The smallest absolute Gasteiger partial charge is 0.325 e. The van der Waals surface area contributed by atoms with Crippen LogP contribution >= 0.6 is 0 Å². The molecule has 0 atom stereocenters. The number of carbonyl (C=O) groups is 2. The second-order valence-corrected chi connectivity index (χ2v) is 5.36. The van der Waals surface area contributed by atoms with Gasteiger partial charge in [0.2, 0.25) is 5.91 Å². The molecule has 0 radical (unpaired) electrons. The minimum atomic E-state index is -0.406. The summed E-state index contributed by atoms with van der Waals surface area (Å²) in [5.41, 5.74) is 5.82. The van der Waals surface area contributed by atoms with E-state index < -0.39 is 11.5 Å². The number of nitrogens with zero attached hydrogens (tertiary/aromatic N) is 1. The number of methoxy groups -OCH3 is 1. The van der Waals surface area contributed by atoms with E-state index in [-0.39, 0.29) is 18.9 Å². The Morgan fingerprint density at radius 3 is 2.50 bits per heavy atom. The summed E-state index contributed by atoms with van der Waals surface area (Å²) in [6.07, 6.45) is 4.17. The average Bonchev–Trinajstić information content (AvgIpc) is 2.81. The lowest BCUT2D eigenvalue weighted by atomic mass is 9.94. The number of carbonyl (C=O) groups excluding carboxylic acids is 2. The third kappa shape index (κ3) is 5.46. The monoisotopic (exact) mass is 286 g/mol. The fraction of sp³-hybridized carbons (Fsp3) is 0.857. The molecule has 0 spiro atoms. The van der Waals surface area contributed by atoms with Gasteiger partial charge >= 0.3 is 5.97 Å². The molecule has 0 bridgehead atoms. The molecule has 0 aromatic rings. The molecule has 0 saturated heterocycles. The van der Waals surface area contributed by atoms with E-state index in [0.717, 1.165) is 25.7 Å². The molecule has 6 heteroatoms. The number of esters is 1. The molecular weight excluding hydrogens is 260 g/mol. The second kappa shape index (κ2) is 8.21. The van der Waals surface area contributed by atoms with Gasteiger partial charge in [-0.3, -0.25) is 9.59 Å². The molecule has 0 heterocycles. The van der Waals surface area contributed by atoms with Gasteiger partial charge in [-0.25, -0.2) is 0 Å². The maximum Gasteiger partial charge on any atom is 0.325 e. The fourth-order valence-corrected chi connectivity index (χ4v) is 2.52. The van der Waals surface area contributed by atoms with E-state index in [2.05, 4.69) is 0 Å². The molecule has 1 rings (SSSR count). The van der Waals surface area contributed by atoms with Crippen molar-refractivity contribution in [2.75, 3.05) is 33.4 Å². The third-order valence-electron chi connectivity index (χ3n) is 3.65. The van der Waals surface area contributed by atoms with Crippen LogP contribution in [-0.4, -0.2) is 55.7 Å². The minimum absolute atomic E-state index is 0.0356. The van der Waals surface area contributed by atoms with Crippen LogP contribution < -0.4 is 5.73 Å². The Morgan fingerprint density at radius 2 is 1.95 bits per heavy atom. The van der Waals surface area contributed by atoms with Crippen LogP contribution in [-0.2, 0) is 19.1 Å². The average molecular weight is 286 g/mol. The van der Waals surface area contributed by atoms with E-state index in [1.807, 2.05) is 0 Å². The SMILES string of the molecule is CCOC(=O)CN(CCOC)C(=O)CC1(N)CCCC1.